The maximum Gasteiger partial charge on any atom is 0.407 e. The van der Waals surface area contributed by atoms with Gasteiger partial charge in [-0.05, 0) is 35.1 Å². The van der Waals surface area contributed by atoms with E-state index in [1.165, 1.54) is 6.08 Å². The zero-order chi connectivity index (χ0) is 23.1. The third-order valence-corrected chi connectivity index (χ3v) is 5.55. The predicted molar refractivity (Wildman–Crippen MR) is 121 cm³/mol. The molecule has 0 aromatic heterocycles. The average molecular weight is 437 g/mol. The molecule has 2 aromatic rings. The largest absolute Gasteiger partial charge is 0.480 e. The second-order valence-corrected chi connectivity index (χ2v) is 7.73. The molecule has 1 aliphatic rings. The Balaban J connectivity index is 1.64. The monoisotopic (exact) mass is 436 g/mol. The number of carboxylic acid groups (broad SMARTS) is 1. The van der Waals surface area contributed by atoms with Crippen LogP contribution in [0.15, 0.2) is 61.2 Å². The summed E-state index contributed by atoms with van der Waals surface area (Å²) < 4.78 is 5.49. The van der Waals surface area contributed by atoms with Crippen molar-refractivity contribution < 1.29 is 24.2 Å². The predicted octanol–water partition coefficient (Wildman–Crippen LogP) is 3.84. The zero-order valence-electron chi connectivity index (χ0n) is 18.0. The van der Waals surface area contributed by atoms with Gasteiger partial charge in [0.05, 0.1) is 0 Å². The lowest BCUT2D eigenvalue weighted by Gasteiger charge is -2.21. The van der Waals surface area contributed by atoms with Crippen LogP contribution in [0.2, 0.25) is 0 Å². The van der Waals surface area contributed by atoms with E-state index in [-0.39, 0.29) is 18.9 Å². The smallest absolute Gasteiger partial charge is 0.407 e. The second-order valence-electron chi connectivity index (χ2n) is 7.73. The van der Waals surface area contributed by atoms with Crippen molar-refractivity contribution >= 4 is 18.0 Å². The topological polar surface area (TPSA) is 105 Å². The highest BCUT2D eigenvalue weighted by Gasteiger charge is 2.30. The molecule has 0 heterocycles. The number of carboxylic acids is 1. The summed E-state index contributed by atoms with van der Waals surface area (Å²) >= 11 is 0. The fraction of sp³-hybridized carbons (Fsp3) is 0.320. The van der Waals surface area contributed by atoms with Gasteiger partial charge in [0.1, 0.15) is 18.7 Å². The molecule has 7 nitrogen and oxygen atoms in total. The van der Waals surface area contributed by atoms with Crippen LogP contribution in [-0.4, -0.2) is 41.8 Å². The maximum atomic E-state index is 12.6. The summed E-state index contributed by atoms with van der Waals surface area (Å²) in [5.74, 6) is -1.79. The number of amides is 2. The molecule has 168 valence electrons. The standard InChI is InChI=1S/C25H28N2O5/c1-3-9-21(23(28)26-22(10-4-2)24(29)30)27-25(31)32-15-20-18-13-7-5-11-16(18)17-12-6-8-14-19(17)20/h3,5-8,11-14,20-22H,1,4,9-10,15H2,2H3,(H,26,28)(H,27,31)(H,29,30)/t21?,22-/m0/s1. The van der Waals surface area contributed by atoms with Gasteiger partial charge in [-0.2, -0.15) is 0 Å². The lowest BCUT2D eigenvalue weighted by atomic mass is 9.98. The van der Waals surface area contributed by atoms with Gasteiger partial charge in [-0.15, -0.1) is 6.58 Å². The number of aliphatic carboxylic acids is 1. The summed E-state index contributed by atoms with van der Waals surface area (Å²) in [6.45, 7) is 5.56. The Labute approximate surface area is 187 Å². The summed E-state index contributed by atoms with van der Waals surface area (Å²) in [4.78, 5) is 36.4. The fourth-order valence-corrected chi connectivity index (χ4v) is 4.00. The minimum absolute atomic E-state index is 0.0965. The van der Waals surface area contributed by atoms with Crippen LogP contribution in [0, 0.1) is 0 Å². The lowest BCUT2D eigenvalue weighted by Crippen LogP contribution is -2.51. The van der Waals surface area contributed by atoms with Crippen molar-refractivity contribution in [1.29, 1.82) is 0 Å². The molecular formula is C25H28N2O5. The number of benzene rings is 2. The molecule has 3 rings (SSSR count). The normalized spacial score (nSPS) is 13.9. The van der Waals surface area contributed by atoms with Crippen molar-refractivity contribution in [2.75, 3.05) is 6.61 Å². The lowest BCUT2D eigenvalue weighted by molar-refractivity contribution is -0.142. The Morgan fingerprint density at radius 2 is 1.62 bits per heavy atom. The van der Waals surface area contributed by atoms with Gasteiger partial charge < -0.3 is 20.5 Å². The van der Waals surface area contributed by atoms with Crippen LogP contribution in [0.3, 0.4) is 0 Å². The summed E-state index contributed by atoms with van der Waals surface area (Å²) in [6, 6.07) is 14.0. The molecule has 0 aliphatic heterocycles. The van der Waals surface area contributed by atoms with Crippen molar-refractivity contribution in [3.8, 4) is 11.1 Å². The first-order chi connectivity index (χ1) is 15.5. The van der Waals surface area contributed by atoms with Crippen molar-refractivity contribution in [2.45, 2.75) is 44.2 Å². The number of carbonyl (C=O) groups is 3. The van der Waals surface area contributed by atoms with Crippen LogP contribution in [-0.2, 0) is 14.3 Å². The molecule has 7 heteroatoms. The Kier molecular flexibility index (Phi) is 7.65. The van der Waals surface area contributed by atoms with Gasteiger partial charge in [-0.1, -0.05) is 68.0 Å². The van der Waals surface area contributed by atoms with Gasteiger partial charge in [0.2, 0.25) is 5.91 Å². The number of nitrogens with one attached hydrogen (secondary N) is 2. The first kappa shape index (κ1) is 23.1. The van der Waals surface area contributed by atoms with E-state index in [1.54, 1.807) is 0 Å². The molecule has 2 aromatic carbocycles. The minimum Gasteiger partial charge on any atom is -0.480 e. The number of fused-ring (bicyclic) bond motifs is 3. The number of ether oxygens (including phenoxy) is 1. The summed E-state index contributed by atoms with van der Waals surface area (Å²) in [6.07, 6.45) is 1.80. The molecule has 0 fully saturated rings. The molecule has 0 radical (unpaired) electrons. The molecule has 2 amide bonds. The number of carbonyl (C=O) groups excluding carboxylic acids is 2. The molecule has 1 unspecified atom stereocenters. The maximum absolute atomic E-state index is 12.6. The third kappa shape index (κ3) is 5.17. The van der Waals surface area contributed by atoms with Crippen LogP contribution in [0.1, 0.15) is 43.2 Å². The molecule has 0 saturated heterocycles. The highest BCUT2D eigenvalue weighted by Crippen LogP contribution is 2.44. The Morgan fingerprint density at radius 1 is 1.03 bits per heavy atom. The van der Waals surface area contributed by atoms with Crippen LogP contribution in [0.5, 0.6) is 0 Å². The molecule has 2 atom stereocenters. The highest BCUT2D eigenvalue weighted by atomic mass is 16.5. The van der Waals surface area contributed by atoms with Gasteiger partial charge >= 0.3 is 12.1 Å². The van der Waals surface area contributed by atoms with E-state index < -0.39 is 30.1 Å². The third-order valence-electron chi connectivity index (χ3n) is 5.55. The van der Waals surface area contributed by atoms with E-state index in [2.05, 4.69) is 17.2 Å². The molecule has 0 spiro atoms. The van der Waals surface area contributed by atoms with Gasteiger partial charge in [0.25, 0.3) is 0 Å². The average Bonchev–Trinajstić information content (AvgIpc) is 3.10. The van der Waals surface area contributed by atoms with Crippen molar-refractivity contribution in [2.24, 2.45) is 0 Å². The Hall–Kier alpha value is -3.61. The van der Waals surface area contributed by atoms with E-state index in [1.807, 2.05) is 55.5 Å². The van der Waals surface area contributed by atoms with Gasteiger partial charge in [-0.25, -0.2) is 9.59 Å². The van der Waals surface area contributed by atoms with Gasteiger partial charge in [0, 0.05) is 5.92 Å². The van der Waals surface area contributed by atoms with Crippen LogP contribution >= 0.6 is 0 Å². The summed E-state index contributed by atoms with van der Waals surface area (Å²) in [5.41, 5.74) is 4.42. The minimum atomic E-state index is -1.11. The molecule has 0 bridgehead atoms. The van der Waals surface area contributed by atoms with E-state index in [0.29, 0.717) is 12.8 Å². The molecule has 32 heavy (non-hydrogen) atoms. The van der Waals surface area contributed by atoms with Crippen LogP contribution in [0.4, 0.5) is 4.79 Å². The first-order valence-corrected chi connectivity index (χ1v) is 10.7. The summed E-state index contributed by atoms with van der Waals surface area (Å²) in [5, 5.41) is 14.3. The van der Waals surface area contributed by atoms with Crippen molar-refractivity contribution in [3.63, 3.8) is 0 Å². The number of hydrogen-bond acceptors (Lipinski definition) is 4. The highest BCUT2D eigenvalue weighted by molar-refractivity contribution is 5.89. The Morgan fingerprint density at radius 3 is 2.16 bits per heavy atom. The van der Waals surface area contributed by atoms with Crippen molar-refractivity contribution in [1.82, 2.24) is 10.6 Å². The van der Waals surface area contributed by atoms with Crippen LogP contribution in [0.25, 0.3) is 11.1 Å². The van der Waals surface area contributed by atoms with E-state index in [9.17, 15) is 19.5 Å². The SMILES string of the molecule is C=CCC(NC(=O)OCC1c2ccccc2-c2ccccc21)C(=O)N[C@@H](CCC)C(=O)O. The molecule has 1 aliphatic carbocycles. The van der Waals surface area contributed by atoms with Crippen molar-refractivity contribution in [3.05, 3.63) is 72.3 Å². The van der Waals surface area contributed by atoms with E-state index in [0.717, 1.165) is 22.3 Å². The van der Waals surface area contributed by atoms with E-state index >= 15 is 0 Å². The number of alkyl carbamates (subject to hydrolysis) is 1. The fourth-order valence-electron chi connectivity index (χ4n) is 4.00. The molecule has 3 N–H and O–H groups in total. The van der Waals surface area contributed by atoms with Gasteiger partial charge in [-0.3, -0.25) is 4.79 Å². The quantitative estimate of drug-likeness (QED) is 0.491. The molecular weight excluding hydrogens is 408 g/mol. The second kappa shape index (κ2) is 10.6. The summed E-state index contributed by atoms with van der Waals surface area (Å²) in [7, 11) is 0. The zero-order valence-corrected chi connectivity index (χ0v) is 18.0. The van der Waals surface area contributed by atoms with Gasteiger partial charge in [0.15, 0.2) is 0 Å². The Bertz CT molecular complexity index is 958. The number of rotatable bonds is 10. The first-order valence-electron chi connectivity index (χ1n) is 10.7. The van der Waals surface area contributed by atoms with E-state index in [4.69, 9.17) is 4.74 Å². The van der Waals surface area contributed by atoms with Crippen LogP contribution < -0.4 is 10.6 Å². The number of hydrogen-bond donors (Lipinski definition) is 3. The molecule has 0 saturated carbocycles.